The molecule has 0 aromatic heterocycles. The number of allylic oxidation sites excluding steroid dienone is 2. The zero-order valence-electron chi connectivity index (χ0n) is 15.0. The van der Waals surface area contributed by atoms with Gasteiger partial charge < -0.3 is 19.1 Å². The molecule has 1 heterocycles. The molecule has 0 bridgehead atoms. The maximum Gasteiger partial charge on any atom is 0.355 e. The summed E-state index contributed by atoms with van der Waals surface area (Å²) in [4.78, 5) is 38.6. The molecule has 0 saturated heterocycles. The van der Waals surface area contributed by atoms with Gasteiger partial charge in [0.05, 0.1) is 37.7 Å². The number of rotatable bonds is 5. The van der Waals surface area contributed by atoms with Gasteiger partial charge in [-0.3, -0.25) is 0 Å². The van der Waals surface area contributed by atoms with Crippen LogP contribution in [0.3, 0.4) is 0 Å². The van der Waals surface area contributed by atoms with Crippen molar-refractivity contribution in [2.75, 3.05) is 25.7 Å². The van der Waals surface area contributed by atoms with Crippen LogP contribution in [0.1, 0.15) is 17.3 Å². The lowest BCUT2D eigenvalue weighted by atomic mass is 10.1. The lowest BCUT2D eigenvalue weighted by Gasteiger charge is -2.25. The fourth-order valence-corrected chi connectivity index (χ4v) is 2.93. The van der Waals surface area contributed by atoms with E-state index >= 15 is 0 Å². The van der Waals surface area contributed by atoms with Crippen molar-refractivity contribution in [3.63, 3.8) is 0 Å². The Kier molecular flexibility index (Phi) is 7.17. The molecular formula is C19H18INO6. The first-order valence-corrected chi connectivity index (χ1v) is 9.04. The van der Waals surface area contributed by atoms with Crippen molar-refractivity contribution < 1.29 is 28.6 Å². The Hall–Kier alpha value is -2.62. The first-order chi connectivity index (χ1) is 12.9. The second-order valence-corrected chi connectivity index (χ2v) is 6.44. The number of carbonyl (C=O) groups is 3. The van der Waals surface area contributed by atoms with E-state index in [1.165, 1.54) is 25.2 Å². The number of ether oxygens (including phenoxy) is 3. The molecule has 0 aliphatic carbocycles. The number of halogens is 1. The predicted octanol–water partition coefficient (Wildman–Crippen LogP) is 2.96. The van der Waals surface area contributed by atoms with Gasteiger partial charge in [-0.15, -0.1) is 0 Å². The van der Waals surface area contributed by atoms with Gasteiger partial charge in [0, 0.05) is 9.77 Å². The van der Waals surface area contributed by atoms with Crippen molar-refractivity contribution in [2.24, 2.45) is 0 Å². The van der Waals surface area contributed by atoms with E-state index in [1.807, 2.05) is 0 Å². The van der Waals surface area contributed by atoms with Crippen LogP contribution >= 0.6 is 22.6 Å². The molecule has 1 aromatic rings. The summed E-state index contributed by atoms with van der Waals surface area (Å²) in [6, 6.07) is 5.09. The van der Waals surface area contributed by atoms with Crippen LogP contribution in [0.4, 0.5) is 5.69 Å². The van der Waals surface area contributed by atoms with Gasteiger partial charge in [-0.1, -0.05) is 6.08 Å². The first kappa shape index (κ1) is 20.7. The normalized spacial score (nSPS) is 13.3. The molecule has 0 atom stereocenters. The highest BCUT2D eigenvalue weighted by Gasteiger charge is 2.29. The first-order valence-electron chi connectivity index (χ1n) is 7.96. The SMILES string of the molecule is CCOC(=O)c1cc(I)ccc1N1C=CC=CC(C(=O)OC)=C1C(=O)OC. The number of anilines is 1. The molecule has 142 valence electrons. The third-order valence-corrected chi connectivity index (χ3v) is 4.27. The lowest BCUT2D eigenvalue weighted by Crippen LogP contribution is -2.28. The summed E-state index contributed by atoms with van der Waals surface area (Å²) in [7, 11) is 2.43. The number of methoxy groups -OCH3 is 2. The topological polar surface area (TPSA) is 82.1 Å². The smallest absolute Gasteiger partial charge is 0.355 e. The monoisotopic (exact) mass is 483 g/mol. The Bertz CT molecular complexity index is 856. The highest BCUT2D eigenvalue weighted by atomic mass is 127. The molecule has 0 spiro atoms. The summed E-state index contributed by atoms with van der Waals surface area (Å²) in [5.41, 5.74) is 0.556. The van der Waals surface area contributed by atoms with Crippen LogP contribution in [0.2, 0.25) is 0 Å². The zero-order chi connectivity index (χ0) is 20.0. The molecule has 0 unspecified atom stereocenters. The minimum atomic E-state index is -0.750. The number of nitrogens with zero attached hydrogens (tertiary/aromatic N) is 1. The van der Waals surface area contributed by atoms with Gasteiger partial charge in [0.25, 0.3) is 0 Å². The largest absolute Gasteiger partial charge is 0.465 e. The fourth-order valence-electron chi connectivity index (χ4n) is 2.44. The molecular weight excluding hydrogens is 465 g/mol. The van der Waals surface area contributed by atoms with Gasteiger partial charge in [-0.2, -0.15) is 0 Å². The van der Waals surface area contributed by atoms with E-state index in [-0.39, 0.29) is 23.4 Å². The Labute approximate surface area is 170 Å². The lowest BCUT2D eigenvalue weighted by molar-refractivity contribution is -0.139. The minimum absolute atomic E-state index is 0.00251. The fraction of sp³-hybridized carbons (Fsp3) is 0.211. The average Bonchev–Trinajstić information content (AvgIpc) is 2.89. The molecule has 0 saturated carbocycles. The predicted molar refractivity (Wildman–Crippen MR) is 107 cm³/mol. The third-order valence-electron chi connectivity index (χ3n) is 3.60. The van der Waals surface area contributed by atoms with E-state index < -0.39 is 17.9 Å². The molecule has 0 radical (unpaired) electrons. The minimum Gasteiger partial charge on any atom is -0.465 e. The van der Waals surface area contributed by atoms with Gasteiger partial charge in [0.2, 0.25) is 0 Å². The molecule has 8 heteroatoms. The van der Waals surface area contributed by atoms with Crippen LogP contribution in [0.25, 0.3) is 0 Å². The highest BCUT2D eigenvalue weighted by Crippen LogP contribution is 2.31. The van der Waals surface area contributed by atoms with Crippen LogP contribution in [0, 0.1) is 3.57 Å². The summed E-state index contributed by atoms with van der Waals surface area (Å²) < 4.78 is 15.6. The molecule has 1 aliphatic rings. The van der Waals surface area contributed by atoms with Crippen molar-refractivity contribution in [1.29, 1.82) is 0 Å². The Morgan fingerprint density at radius 2 is 1.74 bits per heavy atom. The van der Waals surface area contributed by atoms with E-state index in [9.17, 15) is 14.4 Å². The summed E-state index contributed by atoms with van der Waals surface area (Å²) in [5, 5.41) is 0. The molecule has 1 aromatic carbocycles. The Morgan fingerprint density at radius 3 is 2.37 bits per heavy atom. The van der Waals surface area contributed by atoms with E-state index in [1.54, 1.807) is 43.5 Å². The summed E-state index contributed by atoms with van der Waals surface area (Å²) >= 11 is 2.07. The molecule has 27 heavy (non-hydrogen) atoms. The van der Waals surface area contributed by atoms with Gasteiger partial charge in [-0.05, 0) is 59.9 Å². The quantitative estimate of drug-likeness (QED) is 0.362. The maximum absolute atomic E-state index is 12.5. The summed E-state index contributed by atoms with van der Waals surface area (Å²) in [6.45, 7) is 1.91. The van der Waals surface area contributed by atoms with E-state index in [2.05, 4.69) is 22.6 Å². The van der Waals surface area contributed by atoms with Crippen molar-refractivity contribution >= 4 is 46.2 Å². The Morgan fingerprint density at radius 1 is 1.04 bits per heavy atom. The van der Waals surface area contributed by atoms with Gasteiger partial charge in [0.15, 0.2) is 0 Å². The molecule has 0 fully saturated rings. The van der Waals surface area contributed by atoms with Crippen LogP contribution < -0.4 is 4.90 Å². The number of carbonyl (C=O) groups excluding carboxylic acids is 3. The molecule has 1 aliphatic heterocycles. The second-order valence-electron chi connectivity index (χ2n) is 5.20. The van der Waals surface area contributed by atoms with E-state index in [0.29, 0.717) is 5.69 Å². The van der Waals surface area contributed by atoms with Crippen molar-refractivity contribution in [1.82, 2.24) is 0 Å². The number of esters is 3. The molecule has 0 N–H and O–H groups in total. The number of hydrogen-bond acceptors (Lipinski definition) is 7. The summed E-state index contributed by atoms with van der Waals surface area (Å²) in [6.07, 6.45) is 6.23. The number of benzene rings is 1. The summed E-state index contributed by atoms with van der Waals surface area (Å²) in [5.74, 6) is -2.00. The third kappa shape index (κ3) is 4.57. The van der Waals surface area contributed by atoms with E-state index in [0.717, 1.165) is 3.57 Å². The number of hydrogen-bond donors (Lipinski definition) is 0. The highest BCUT2D eigenvalue weighted by molar-refractivity contribution is 14.1. The van der Waals surface area contributed by atoms with Crippen LogP contribution in [0.15, 0.2) is 53.9 Å². The average molecular weight is 483 g/mol. The van der Waals surface area contributed by atoms with E-state index in [4.69, 9.17) is 14.2 Å². The van der Waals surface area contributed by atoms with Crippen LogP contribution in [0.5, 0.6) is 0 Å². The standard InChI is InChI=1S/C19H18INO6/c1-4-27-18(23)14-11-12(20)8-9-15(14)21-10-6-5-7-13(17(22)25-2)16(21)19(24)26-3/h5-11H,4H2,1-3H3. The molecule has 0 amide bonds. The van der Waals surface area contributed by atoms with Crippen molar-refractivity contribution in [3.8, 4) is 0 Å². The van der Waals surface area contributed by atoms with Gasteiger partial charge in [0.1, 0.15) is 5.70 Å². The van der Waals surface area contributed by atoms with Crippen molar-refractivity contribution in [2.45, 2.75) is 6.92 Å². The van der Waals surface area contributed by atoms with Gasteiger partial charge in [-0.25, -0.2) is 14.4 Å². The molecule has 7 nitrogen and oxygen atoms in total. The zero-order valence-corrected chi connectivity index (χ0v) is 17.2. The Balaban J connectivity index is 2.73. The second kappa shape index (κ2) is 9.36. The van der Waals surface area contributed by atoms with Crippen LogP contribution in [-0.4, -0.2) is 38.7 Å². The van der Waals surface area contributed by atoms with Crippen LogP contribution in [-0.2, 0) is 23.8 Å². The van der Waals surface area contributed by atoms with Crippen molar-refractivity contribution in [3.05, 3.63) is 63.0 Å². The van der Waals surface area contributed by atoms with Gasteiger partial charge >= 0.3 is 17.9 Å². The molecule has 2 rings (SSSR count). The maximum atomic E-state index is 12.5.